The van der Waals surface area contributed by atoms with Gasteiger partial charge in [0, 0.05) is 32.9 Å². The third-order valence-electron chi connectivity index (χ3n) is 3.81. The number of hydrogen-bond donors (Lipinski definition) is 2. The van der Waals surface area contributed by atoms with Gasteiger partial charge >= 0.3 is 0 Å². The lowest BCUT2D eigenvalue weighted by molar-refractivity contribution is 0.131. The SMILES string of the molecule is CN(C)c1ccc(CNCC2CCCC2O)cc1. The Bertz CT molecular complexity index is 361. The normalized spacial score (nSPS) is 23.3. The summed E-state index contributed by atoms with van der Waals surface area (Å²) in [6, 6.07) is 8.60. The van der Waals surface area contributed by atoms with Gasteiger partial charge in [-0.1, -0.05) is 18.6 Å². The molecule has 0 bridgehead atoms. The van der Waals surface area contributed by atoms with Crippen LogP contribution in [0.2, 0.25) is 0 Å². The van der Waals surface area contributed by atoms with Gasteiger partial charge in [0.15, 0.2) is 0 Å². The Hall–Kier alpha value is -1.06. The summed E-state index contributed by atoms with van der Waals surface area (Å²) in [7, 11) is 4.10. The number of hydrogen-bond acceptors (Lipinski definition) is 3. The molecule has 1 aliphatic carbocycles. The van der Waals surface area contributed by atoms with Crippen LogP contribution in [0.15, 0.2) is 24.3 Å². The summed E-state index contributed by atoms with van der Waals surface area (Å²) in [5.41, 5.74) is 2.53. The summed E-state index contributed by atoms with van der Waals surface area (Å²) in [4.78, 5) is 2.10. The van der Waals surface area contributed by atoms with Crippen molar-refractivity contribution in [3.05, 3.63) is 29.8 Å². The molecule has 2 N–H and O–H groups in total. The zero-order valence-electron chi connectivity index (χ0n) is 11.4. The van der Waals surface area contributed by atoms with Crippen LogP contribution in [0, 0.1) is 5.92 Å². The molecule has 0 aliphatic heterocycles. The van der Waals surface area contributed by atoms with Crippen LogP contribution in [0.3, 0.4) is 0 Å². The van der Waals surface area contributed by atoms with Gasteiger partial charge in [-0.25, -0.2) is 0 Å². The van der Waals surface area contributed by atoms with Crippen molar-refractivity contribution in [1.82, 2.24) is 5.32 Å². The molecule has 1 aliphatic rings. The van der Waals surface area contributed by atoms with Crippen molar-refractivity contribution in [2.75, 3.05) is 25.5 Å². The van der Waals surface area contributed by atoms with Crippen molar-refractivity contribution < 1.29 is 5.11 Å². The monoisotopic (exact) mass is 248 g/mol. The molecular formula is C15H24N2O. The Morgan fingerprint density at radius 1 is 1.22 bits per heavy atom. The summed E-state index contributed by atoms with van der Waals surface area (Å²) in [6.07, 6.45) is 3.22. The van der Waals surface area contributed by atoms with Crippen molar-refractivity contribution >= 4 is 5.69 Å². The maximum Gasteiger partial charge on any atom is 0.0580 e. The molecule has 1 aromatic rings. The second-order valence-electron chi connectivity index (χ2n) is 5.45. The molecule has 3 nitrogen and oxygen atoms in total. The van der Waals surface area contributed by atoms with Crippen LogP contribution in [0.25, 0.3) is 0 Å². The van der Waals surface area contributed by atoms with Gasteiger partial charge in [-0.05, 0) is 36.5 Å². The molecule has 1 fully saturated rings. The van der Waals surface area contributed by atoms with E-state index >= 15 is 0 Å². The topological polar surface area (TPSA) is 35.5 Å². The highest BCUT2D eigenvalue weighted by Gasteiger charge is 2.24. The Morgan fingerprint density at radius 2 is 1.94 bits per heavy atom. The molecule has 0 radical (unpaired) electrons. The van der Waals surface area contributed by atoms with E-state index in [0.29, 0.717) is 5.92 Å². The zero-order valence-corrected chi connectivity index (χ0v) is 11.4. The molecule has 3 heteroatoms. The Kier molecular flexibility index (Phi) is 4.61. The van der Waals surface area contributed by atoms with Gasteiger partial charge in [0.2, 0.25) is 0 Å². The highest BCUT2D eigenvalue weighted by molar-refractivity contribution is 5.45. The Morgan fingerprint density at radius 3 is 2.50 bits per heavy atom. The smallest absolute Gasteiger partial charge is 0.0580 e. The number of aliphatic hydroxyl groups excluding tert-OH is 1. The number of nitrogens with one attached hydrogen (secondary N) is 1. The first-order valence-electron chi connectivity index (χ1n) is 6.82. The minimum atomic E-state index is -0.0892. The number of aliphatic hydroxyl groups is 1. The van der Waals surface area contributed by atoms with Crippen LogP contribution < -0.4 is 10.2 Å². The van der Waals surface area contributed by atoms with E-state index < -0.39 is 0 Å². The molecule has 100 valence electrons. The van der Waals surface area contributed by atoms with Crippen LogP contribution in [0.5, 0.6) is 0 Å². The lowest BCUT2D eigenvalue weighted by Gasteiger charge is -2.16. The first kappa shape index (κ1) is 13.4. The van der Waals surface area contributed by atoms with Crippen molar-refractivity contribution in [1.29, 1.82) is 0 Å². The molecule has 0 aromatic heterocycles. The largest absolute Gasteiger partial charge is 0.393 e. The van der Waals surface area contributed by atoms with Gasteiger partial charge in [0.05, 0.1) is 6.10 Å². The quantitative estimate of drug-likeness (QED) is 0.836. The molecule has 0 saturated heterocycles. The Balaban J connectivity index is 1.76. The average molecular weight is 248 g/mol. The van der Waals surface area contributed by atoms with E-state index in [0.717, 1.165) is 25.9 Å². The molecule has 0 heterocycles. The van der Waals surface area contributed by atoms with Crippen molar-refractivity contribution in [2.45, 2.75) is 31.9 Å². The van der Waals surface area contributed by atoms with Crippen LogP contribution in [-0.2, 0) is 6.54 Å². The predicted molar refractivity (Wildman–Crippen MR) is 75.8 cm³/mol. The van der Waals surface area contributed by atoms with E-state index in [-0.39, 0.29) is 6.10 Å². The predicted octanol–water partition coefficient (Wildman–Crippen LogP) is 2.00. The molecule has 0 spiro atoms. The van der Waals surface area contributed by atoms with Gasteiger partial charge in [-0.2, -0.15) is 0 Å². The second-order valence-corrected chi connectivity index (χ2v) is 5.45. The van der Waals surface area contributed by atoms with E-state index in [1.165, 1.54) is 17.7 Å². The zero-order chi connectivity index (χ0) is 13.0. The fourth-order valence-electron chi connectivity index (χ4n) is 2.57. The van der Waals surface area contributed by atoms with Crippen LogP contribution in [-0.4, -0.2) is 31.9 Å². The number of anilines is 1. The first-order valence-corrected chi connectivity index (χ1v) is 6.82. The Labute approximate surface area is 110 Å². The van der Waals surface area contributed by atoms with Gasteiger partial charge in [-0.15, -0.1) is 0 Å². The molecule has 0 amide bonds. The lowest BCUT2D eigenvalue weighted by atomic mass is 10.1. The van der Waals surface area contributed by atoms with Crippen LogP contribution >= 0.6 is 0 Å². The van der Waals surface area contributed by atoms with Gasteiger partial charge in [0.25, 0.3) is 0 Å². The minimum Gasteiger partial charge on any atom is -0.393 e. The van der Waals surface area contributed by atoms with E-state index in [4.69, 9.17) is 0 Å². The van der Waals surface area contributed by atoms with E-state index in [1.807, 2.05) is 0 Å². The van der Waals surface area contributed by atoms with E-state index in [1.54, 1.807) is 0 Å². The van der Waals surface area contributed by atoms with E-state index in [2.05, 4.69) is 48.6 Å². The molecule has 1 aromatic carbocycles. The highest BCUT2D eigenvalue weighted by Crippen LogP contribution is 2.24. The van der Waals surface area contributed by atoms with Crippen LogP contribution in [0.1, 0.15) is 24.8 Å². The average Bonchev–Trinajstić information content (AvgIpc) is 2.76. The summed E-state index contributed by atoms with van der Waals surface area (Å²) in [5.74, 6) is 0.450. The van der Waals surface area contributed by atoms with Gasteiger partial charge < -0.3 is 15.3 Å². The third-order valence-corrected chi connectivity index (χ3v) is 3.81. The molecular weight excluding hydrogens is 224 g/mol. The molecule has 2 rings (SSSR count). The van der Waals surface area contributed by atoms with Crippen molar-refractivity contribution in [3.8, 4) is 0 Å². The minimum absolute atomic E-state index is 0.0892. The maximum absolute atomic E-state index is 9.74. The summed E-state index contributed by atoms with van der Waals surface area (Å²) in [5, 5.41) is 13.2. The summed E-state index contributed by atoms with van der Waals surface area (Å²) >= 11 is 0. The summed E-state index contributed by atoms with van der Waals surface area (Å²) in [6.45, 7) is 1.81. The second kappa shape index (κ2) is 6.21. The molecule has 2 unspecified atom stereocenters. The maximum atomic E-state index is 9.74. The lowest BCUT2D eigenvalue weighted by Crippen LogP contribution is -2.27. The summed E-state index contributed by atoms with van der Waals surface area (Å²) < 4.78 is 0. The standard InChI is InChI=1S/C15H24N2O/c1-17(2)14-8-6-12(7-9-14)10-16-11-13-4-3-5-15(13)18/h6-9,13,15-16,18H,3-5,10-11H2,1-2H3. The van der Waals surface area contributed by atoms with Gasteiger partial charge in [-0.3, -0.25) is 0 Å². The number of benzene rings is 1. The fraction of sp³-hybridized carbons (Fsp3) is 0.600. The molecule has 1 saturated carbocycles. The molecule has 18 heavy (non-hydrogen) atoms. The van der Waals surface area contributed by atoms with Crippen molar-refractivity contribution in [2.24, 2.45) is 5.92 Å². The van der Waals surface area contributed by atoms with Crippen LogP contribution in [0.4, 0.5) is 5.69 Å². The van der Waals surface area contributed by atoms with Crippen molar-refractivity contribution in [3.63, 3.8) is 0 Å². The number of rotatable bonds is 5. The van der Waals surface area contributed by atoms with E-state index in [9.17, 15) is 5.11 Å². The third kappa shape index (κ3) is 3.47. The fourth-order valence-corrected chi connectivity index (χ4v) is 2.57. The van der Waals surface area contributed by atoms with Gasteiger partial charge in [0.1, 0.15) is 0 Å². The highest BCUT2D eigenvalue weighted by atomic mass is 16.3. The molecule has 2 atom stereocenters. The number of nitrogens with zero attached hydrogens (tertiary/aromatic N) is 1. The first-order chi connectivity index (χ1) is 8.66.